The molecule has 0 amide bonds. The summed E-state index contributed by atoms with van der Waals surface area (Å²) < 4.78 is 10.9. The van der Waals surface area contributed by atoms with Crippen LogP contribution in [0.3, 0.4) is 0 Å². The second-order valence-corrected chi connectivity index (χ2v) is 5.48. The molecule has 0 spiro atoms. The molecular formula is C16H21NO2. The number of fused-ring (bicyclic) bond motifs is 3. The van der Waals surface area contributed by atoms with Crippen LogP contribution in [0, 0.1) is 0 Å². The third-order valence-electron chi connectivity index (χ3n) is 4.35. The van der Waals surface area contributed by atoms with Gasteiger partial charge in [-0.25, -0.2) is 0 Å². The van der Waals surface area contributed by atoms with Crippen molar-refractivity contribution in [2.24, 2.45) is 0 Å². The maximum absolute atomic E-state index is 5.45. The van der Waals surface area contributed by atoms with Gasteiger partial charge in [-0.05, 0) is 49.1 Å². The van der Waals surface area contributed by atoms with E-state index in [1.807, 2.05) is 0 Å². The first-order valence-corrected chi connectivity index (χ1v) is 6.87. The van der Waals surface area contributed by atoms with E-state index in [0.29, 0.717) is 12.0 Å². The van der Waals surface area contributed by atoms with Crippen molar-refractivity contribution in [1.82, 2.24) is 5.32 Å². The molecule has 3 heteroatoms. The van der Waals surface area contributed by atoms with E-state index in [2.05, 4.69) is 24.0 Å². The van der Waals surface area contributed by atoms with Crippen LogP contribution in [0.1, 0.15) is 29.9 Å². The molecule has 1 saturated carbocycles. The van der Waals surface area contributed by atoms with Crippen LogP contribution in [0.5, 0.6) is 11.5 Å². The highest BCUT2D eigenvalue weighted by Crippen LogP contribution is 2.43. The molecule has 1 N–H and O–H groups in total. The maximum atomic E-state index is 5.45. The lowest BCUT2D eigenvalue weighted by atomic mass is 9.90. The van der Waals surface area contributed by atoms with Gasteiger partial charge in [-0.3, -0.25) is 0 Å². The fourth-order valence-corrected chi connectivity index (χ4v) is 3.42. The largest absolute Gasteiger partial charge is 0.493 e. The summed E-state index contributed by atoms with van der Waals surface area (Å²) in [7, 11) is 3.39. The summed E-state index contributed by atoms with van der Waals surface area (Å²) in [6, 6.07) is 4.84. The Morgan fingerprint density at radius 3 is 2.63 bits per heavy atom. The molecule has 102 valence electrons. The molecule has 19 heavy (non-hydrogen) atoms. The van der Waals surface area contributed by atoms with E-state index in [0.717, 1.165) is 37.3 Å². The van der Waals surface area contributed by atoms with E-state index in [9.17, 15) is 0 Å². The van der Waals surface area contributed by atoms with Crippen molar-refractivity contribution < 1.29 is 9.47 Å². The second-order valence-electron chi connectivity index (χ2n) is 5.48. The molecule has 0 unspecified atom stereocenters. The highest BCUT2D eigenvalue weighted by atomic mass is 16.5. The quantitative estimate of drug-likeness (QED) is 0.828. The lowest BCUT2D eigenvalue weighted by Gasteiger charge is -2.20. The number of nitrogens with one attached hydrogen (secondary N) is 1. The van der Waals surface area contributed by atoms with Crippen LogP contribution < -0.4 is 14.8 Å². The third kappa shape index (κ3) is 2.12. The van der Waals surface area contributed by atoms with Crippen LogP contribution in [-0.2, 0) is 6.42 Å². The van der Waals surface area contributed by atoms with Gasteiger partial charge < -0.3 is 14.8 Å². The number of methoxy groups -OCH3 is 2. The van der Waals surface area contributed by atoms with Crippen LogP contribution in [0.25, 0.3) is 0 Å². The third-order valence-corrected chi connectivity index (χ3v) is 4.35. The Kier molecular flexibility index (Phi) is 3.23. The number of ether oxygens (including phenoxy) is 2. The van der Waals surface area contributed by atoms with Crippen molar-refractivity contribution in [3.05, 3.63) is 35.4 Å². The normalized spacial score (nSPS) is 25.5. The van der Waals surface area contributed by atoms with Crippen LogP contribution in [0.2, 0.25) is 0 Å². The minimum atomic E-state index is 0.532. The average Bonchev–Trinajstić information content (AvgIpc) is 2.71. The van der Waals surface area contributed by atoms with Crippen molar-refractivity contribution in [3.63, 3.8) is 0 Å². The molecule has 0 bridgehead atoms. The van der Waals surface area contributed by atoms with Crippen molar-refractivity contribution in [1.29, 1.82) is 0 Å². The highest BCUT2D eigenvalue weighted by molar-refractivity contribution is 5.50. The number of benzene rings is 1. The van der Waals surface area contributed by atoms with Gasteiger partial charge >= 0.3 is 0 Å². The van der Waals surface area contributed by atoms with Crippen LogP contribution >= 0.6 is 0 Å². The number of hydrogen-bond acceptors (Lipinski definition) is 3. The van der Waals surface area contributed by atoms with E-state index in [-0.39, 0.29) is 0 Å². The standard InChI is InChI=1S/C16H21NO2/c1-10-6-13-12-9-16(19-3)15(18-2)8-11(12)4-5-17-14(13)7-10/h8-9,13-14,17H,1,4-7H2,2-3H3/t13-,14+/m0/s1. The van der Waals surface area contributed by atoms with Crippen molar-refractivity contribution >= 4 is 0 Å². The summed E-state index contributed by atoms with van der Waals surface area (Å²) in [5.74, 6) is 2.20. The molecule has 1 aliphatic heterocycles. The molecule has 0 aromatic heterocycles. The Hall–Kier alpha value is -1.48. The van der Waals surface area contributed by atoms with Crippen molar-refractivity contribution in [3.8, 4) is 11.5 Å². The molecule has 0 saturated heterocycles. The van der Waals surface area contributed by atoms with Gasteiger partial charge in [0, 0.05) is 12.0 Å². The molecule has 1 fully saturated rings. The van der Waals surface area contributed by atoms with E-state index in [1.165, 1.54) is 16.7 Å². The Labute approximate surface area is 114 Å². The molecule has 1 aliphatic carbocycles. The molecule has 2 aliphatic rings. The Morgan fingerprint density at radius 2 is 1.89 bits per heavy atom. The zero-order valence-corrected chi connectivity index (χ0v) is 11.7. The minimum absolute atomic E-state index is 0.532. The summed E-state index contributed by atoms with van der Waals surface area (Å²) in [5.41, 5.74) is 4.14. The first-order valence-electron chi connectivity index (χ1n) is 6.87. The van der Waals surface area contributed by atoms with E-state index in [1.54, 1.807) is 14.2 Å². The maximum Gasteiger partial charge on any atom is 0.161 e. The Balaban J connectivity index is 2.07. The van der Waals surface area contributed by atoms with Gasteiger partial charge in [-0.15, -0.1) is 0 Å². The zero-order chi connectivity index (χ0) is 13.4. The molecule has 1 aromatic rings. The van der Waals surface area contributed by atoms with E-state index >= 15 is 0 Å². The Bertz CT molecular complexity index is 510. The first-order chi connectivity index (χ1) is 9.22. The Morgan fingerprint density at radius 1 is 1.16 bits per heavy atom. The van der Waals surface area contributed by atoms with Gasteiger partial charge in [0.25, 0.3) is 0 Å². The summed E-state index contributed by atoms with van der Waals surface area (Å²) in [5, 5.41) is 3.65. The molecule has 1 heterocycles. The number of hydrogen-bond donors (Lipinski definition) is 1. The van der Waals surface area contributed by atoms with Crippen molar-refractivity contribution in [2.75, 3.05) is 20.8 Å². The summed E-state index contributed by atoms with van der Waals surface area (Å²) in [6.07, 6.45) is 3.23. The molecule has 3 rings (SSSR count). The summed E-state index contributed by atoms with van der Waals surface area (Å²) >= 11 is 0. The molecule has 2 atom stereocenters. The second kappa shape index (κ2) is 4.89. The smallest absolute Gasteiger partial charge is 0.161 e. The van der Waals surface area contributed by atoms with Crippen molar-refractivity contribution in [2.45, 2.75) is 31.2 Å². The van der Waals surface area contributed by atoms with Gasteiger partial charge in [0.1, 0.15) is 0 Å². The first kappa shape index (κ1) is 12.5. The summed E-state index contributed by atoms with van der Waals surface area (Å²) in [6.45, 7) is 5.19. The van der Waals surface area contributed by atoms with Crippen LogP contribution in [0.4, 0.5) is 0 Å². The van der Waals surface area contributed by atoms with Gasteiger partial charge in [0.2, 0.25) is 0 Å². The predicted octanol–water partition coefficient (Wildman–Crippen LogP) is 2.65. The molecule has 1 aromatic carbocycles. The van der Waals surface area contributed by atoms with Gasteiger partial charge in [0.05, 0.1) is 14.2 Å². The van der Waals surface area contributed by atoms with Gasteiger partial charge in [-0.2, -0.15) is 0 Å². The fourth-order valence-electron chi connectivity index (χ4n) is 3.42. The zero-order valence-electron chi connectivity index (χ0n) is 11.7. The lowest BCUT2D eigenvalue weighted by Crippen LogP contribution is -2.30. The number of rotatable bonds is 2. The van der Waals surface area contributed by atoms with E-state index in [4.69, 9.17) is 9.47 Å². The average molecular weight is 259 g/mol. The topological polar surface area (TPSA) is 30.5 Å². The predicted molar refractivity (Wildman–Crippen MR) is 76.2 cm³/mol. The van der Waals surface area contributed by atoms with Crippen LogP contribution in [0.15, 0.2) is 24.3 Å². The van der Waals surface area contributed by atoms with Gasteiger partial charge in [-0.1, -0.05) is 12.2 Å². The lowest BCUT2D eigenvalue weighted by molar-refractivity contribution is 0.353. The van der Waals surface area contributed by atoms with Crippen LogP contribution in [-0.4, -0.2) is 26.8 Å². The minimum Gasteiger partial charge on any atom is -0.493 e. The van der Waals surface area contributed by atoms with E-state index < -0.39 is 0 Å². The summed E-state index contributed by atoms with van der Waals surface area (Å²) in [4.78, 5) is 0. The molecule has 0 radical (unpaired) electrons. The monoisotopic (exact) mass is 259 g/mol. The molecule has 3 nitrogen and oxygen atoms in total. The highest BCUT2D eigenvalue weighted by Gasteiger charge is 2.34. The molecular weight excluding hydrogens is 238 g/mol. The van der Waals surface area contributed by atoms with Gasteiger partial charge in [0.15, 0.2) is 11.5 Å². The fraction of sp³-hybridized carbons (Fsp3) is 0.500. The SMILES string of the molecule is C=C1C[C@H]2NCCc3cc(OC)c(OC)cc3[C@@H]2C1.